The Labute approximate surface area is 115 Å². The van der Waals surface area contributed by atoms with Crippen LogP contribution in [0.1, 0.15) is 31.7 Å². The topological polar surface area (TPSA) is 42.2 Å². The summed E-state index contributed by atoms with van der Waals surface area (Å²) in [5, 5.41) is 1.16. The van der Waals surface area contributed by atoms with E-state index in [1.165, 1.54) is 19.3 Å². The van der Waals surface area contributed by atoms with Crippen molar-refractivity contribution in [3.63, 3.8) is 0 Å². The Bertz CT molecular complexity index is 537. The van der Waals surface area contributed by atoms with Crippen molar-refractivity contribution in [2.45, 2.75) is 32.7 Å². The number of hydrogen-bond acceptors (Lipinski definition) is 3. The van der Waals surface area contributed by atoms with E-state index in [9.17, 15) is 0 Å². The molecule has 0 aliphatic rings. The van der Waals surface area contributed by atoms with E-state index in [2.05, 4.69) is 36.0 Å². The van der Waals surface area contributed by atoms with E-state index < -0.39 is 0 Å². The van der Waals surface area contributed by atoms with Crippen molar-refractivity contribution in [1.82, 2.24) is 9.88 Å². The number of rotatable bonds is 6. The molecule has 0 saturated heterocycles. The number of nitrogens with zero attached hydrogens (tertiary/aromatic N) is 2. The van der Waals surface area contributed by atoms with Gasteiger partial charge in [-0.05, 0) is 32.1 Å². The third-order valence-electron chi connectivity index (χ3n) is 3.42. The lowest BCUT2D eigenvalue weighted by atomic mass is 10.1. The third-order valence-corrected chi connectivity index (χ3v) is 3.42. The van der Waals surface area contributed by atoms with E-state index in [1.807, 2.05) is 18.2 Å². The summed E-state index contributed by atoms with van der Waals surface area (Å²) in [6.45, 7) is 4.21. The maximum Gasteiger partial charge on any atom is 0.128 e. The second-order valence-corrected chi connectivity index (χ2v) is 5.17. The summed E-state index contributed by atoms with van der Waals surface area (Å²) in [4.78, 5) is 6.79. The van der Waals surface area contributed by atoms with Gasteiger partial charge in [-0.1, -0.05) is 38.0 Å². The summed E-state index contributed by atoms with van der Waals surface area (Å²) in [7, 11) is 2.14. The molecule has 0 fully saturated rings. The van der Waals surface area contributed by atoms with E-state index in [4.69, 9.17) is 5.73 Å². The third kappa shape index (κ3) is 3.67. The van der Waals surface area contributed by atoms with Gasteiger partial charge in [-0.25, -0.2) is 4.98 Å². The second kappa shape index (κ2) is 6.53. The van der Waals surface area contributed by atoms with E-state index >= 15 is 0 Å². The number of nitrogen functional groups attached to an aromatic ring is 1. The SMILES string of the molecule is CCCCCN(C)Cc1cc2ccccc2nc1N. The number of aromatic nitrogens is 1. The van der Waals surface area contributed by atoms with Crippen molar-refractivity contribution in [2.75, 3.05) is 19.3 Å². The zero-order chi connectivity index (χ0) is 13.7. The molecule has 2 N–H and O–H groups in total. The van der Waals surface area contributed by atoms with Gasteiger partial charge in [0.1, 0.15) is 5.82 Å². The van der Waals surface area contributed by atoms with Crippen LogP contribution in [0.3, 0.4) is 0 Å². The lowest BCUT2D eigenvalue weighted by molar-refractivity contribution is 0.318. The first-order valence-electron chi connectivity index (χ1n) is 7.03. The van der Waals surface area contributed by atoms with Gasteiger partial charge in [0.05, 0.1) is 5.52 Å². The van der Waals surface area contributed by atoms with Crippen LogP contribution < -0.4 is 5.73 Å². The molecule has 1 aromatic heterocycles. The van der Waals surface area contributed by atoms with Crippen molar-refractivity contribution in [3.8, 4) is 0 Å². The van der Waals surface area contributed by atoms with Crippen molar-refractivity contribution in [1.29, 1.82) is 0 Å². The highest BCUT2D eigenvalue weighted by Gasteiger charge is 2.06. The summed E-state index contributed by atoms with van der Waals surface area (Å²) in [5.74, 6) is 0.654. The Balaban J connectivity index is 2.09. The van der Waals surface area contributed by atoms with Crippen LogP contribution >= 0.6 is 0 Å². The van der Waals surface area contributed by atoms with Crippen LogP contribution in [0.15, 0.2) is 30.3 Å². The molecule has 0 radical (unpaired) electrons. The van der Waals surface area contributed by atoms with Crippen molar-refractivity contribution < 1.29 is 0 Å². The molecule has 0 aliphatic carbocycles. The molecule has 0 unspecified atom stereocenters. The van der Waals surface area contributed by atoms with E-state index in [0.29, 0.717) is 5.82 Å². The molecular formula is C16H23N3. The van der Waals surface area contributed by atoms with Crippen LogP contribution in [0, 0.1) is 0 Å². The molecule has 0 bridgehead atoms. The molecule has 0 atom stereocenters. The standard InChI is InChI=1S/C16H23N3/c1-3-4-7-10-19(2)12-14-11-13-8-5-6-9-15(13)18-16(14)17/h5-6,8-9,11H,3-4,7,10,12H2,1-2H3,(H2,17,18). The highest BCUT2D eigenvalue weighted by atomic mass is 15.1. The Morgan fingerprint density at radius 2 is 2.00 bits per heavy atom. The molecular weight excluding hydrogens is 234 g/mol. The van der Waals surface area contributed by atoms with Gasteiger partial charge < -0.3 is 10.6 Å². The predicted octanol–water partition coefficient (Wildman–Crippen LogP) is 3.44. The number of fused-ring (bicyclic) bond motifs is 1. The second-order valence-electron chi connectivity index (χ2n) is 5.17. The maximum absolute atomic E-state index is 6.05. The molecule has 3 heteroatoms. The average Bonchev–Trinajstić information content (AvgIpc) is 2.40. The Hall–Kier alpha value is -1.61. The van der Waals surface area contributed by atoms with Gasteiger partial charge in [-0.2, -0.15) is 0 Å². The number of pyridine rings is 1. The first-order valence-corrected chi connectivity index (χ1v) is 7.03. The smallest absolute Gasteiger partial charge is 0.128 e. The van der Waals surface area contributed by atoms with E-state index in [0.717, 1.165) is 29.6 Å². The van der Waals surface area contributed by atoms with E-state index in [1.54, 1.807) is 0 Å². The summed E-state index contributed by atoms with van der Waals surface area (Å²) in [5.41, 5.74) is 8.14. The van der Waals surface area contributed by atoms with Crippen LogP contribution in [0.2, 0.25) is 0 Å². The largest absolute Gasteiger partial charge is 0.383 e. The normalized spacial score (nSPS) is 11.3. The monoisotopic (exact) mass is 257 g/mol. The summed E-state index contributed by atoms with van der Waals surface area (Å²) < 4.78 is 0. The van der Waals surface area contributed by atoms with Gasteiger partial charge in [0.2, 0.25) is 0 Å². The lowest BCUT2D eigenvalue weighted by Crippen LogP contribution is -2.20. The van der Waals surface area contributed by atoms with Crippen molar-refractivity contribution >= 4 is 16.7 Å². The molecule has 2 rings (SSSR count). The molecule has 1 aromatic carbocycles. The molecule has 0 spiro atoms. The molecule has 0 aliphatic heterocycles. The zero-order valence-corrected chi connectivity index (χ0v) is 11.9. The van der Waals surface area contributed by atoms with Crippen LogP contribution in [-0.2, 0) is 6.54 Å². The fourth-order valence-corrected chi connectivity index (χ4v) is 2.30. The maximum atomic E-state index is 6.05. The van der Waals surface area contributed by atoms with Crippen molar-refractivity contribution in [2.24, 2.45) is 0 Å². The lowest BCUT2D eigenvalue weighted by Gasteiger charge is -2.17. The number of nitrogens with two attached hydrogens (primary N) is 1. The quantitative estimate of drug-likeness (QED) is 0.806. The number of benzene rings is 1. The number of para-hydroxylation sites is 1. The molecule has 19 heavy (non-hydrogen) atoms. The molecule has 0 saturated carbocycles. The van der Waals surface area contributed by atoms with Gasteiger partial charge in [0, 0.05) is 17.5 Å². The van der Waals surface area contributed by atoms with Gasteiger partial charge in [0.25, 0.3) is 0 Å². The minimum atomic E-state index is 0.654. The summed E-state index contributed by atoms with van der Waals surface area (Å²) in [6, 6.07) is 10.3. The van der Waals surface area contributed by atoms with Crippen LogP contribution in [0.25, 0.3) is 10.9 Å². The number of hydrogen-bond donors (Lipinski definition) is 1. The average molecular weight is 257 g/mol. The highest BCUT2D eigenvalue weighted by Crippen LogP contribution is 2.19. The first kappa shape index (κ1) is 13.8. The Morgan fingerprint density at radius 1 is 1.21 bits per heavy atom. The van der Waals surface area contributed by atoms with Gasteiger partial charge in [0.15, 0.2) is 0 Å². The predicted molar refractivity (Wildman–Crippen MR) is 82.0 cm³/mol. The molecule has 3 nitrogen and oxygen atoms in total. The minimum absolute atomic E-state index is 0.654. The summed E-state index contributed by atoms with van der Waals surface area (Å²) in [6.07, 6.45) is 3.79. The van der Waals surface area contributed by atoms with Crippen LogP contribution in [0.4, 0.5) is 5.82 Å². The highest BCUT2D eigenvalue weighted by molar-refractivity contribution is 5.81. The van der Waals surface area contributed by atoms with Crippen LogP contribution in [0.5, 0.6) is 0 Å². The fraction of sp³-hybridized carbons (Fsp3) is 0.438. The van der Waals surface area contributed by atoms with Gasteiger partial charge in [-0.15, -0.1) is 0 Å². The Kier molecular flexibility index (Phi) is 4.74. The molecule has 102 valence electrons. The van der Waals surface area contributed by atoms with Gasteiger partial charge >= 0.3 is 0 Å². The Morgan fingerprint density at radius 3 is 2.79 bits per heavy atom. The fourth-order valence-electron chi connectivity index (χ4n) is 2.30. The zero-order valence-electron chi connectivity index (χ0n) is 11.9. The molecule has 2 aromatic rings. The molecule has 1 heterocycles. The van der Waals surface area contributed by atoms with Crippen LogP contribution in [-0.4, -0.2) is 23.5 Å². The van der Waals surface area contributed by atoms with Crippen molar-refractivity contribution in [3.05, 3.63) is 35.9 Å². The van der Waals surface area contributed by atoms with Gasteiger partial charge in [-0.3, -0.25) is 0 Å². The summed E-state index contributed by atoms with van der Waals surface area (Å²) >= 11 is 0. The first-order chi connectivity index (χ1) is 9.20. The number of unbranched alkanes of at least 4 members (excludes halogenated alkanes) is 2. The number of anilines is 1. The van der Waals surface area contributed by atoms with E-state index in [-0.39, 0.29) is 0 Å². The molecule has 0 amide bonds. The minimum Gasteiger partial charge on any atom is -0.383 e.